The number of aliphatic hydroxyl groups excluding tert-OH is 1. The number of aliphatic hydroxyl groups is 1. The minimum atomic E-state index is -1.32. The fraction of sp³-hybridized carbons (Fsp3) is 0.175. The number of pyridine rings is 1. The summed E-state index contributed by atoms with van der Waals surface area (Å²) in [5, 5.41) is 75.1. The summed E-state index contributed by atoms with van der Waals surface area (Å²) in [6.45, 7) is -0.305. The summed E-state index contributed by atoms with van der Waals surface area (Å²) in [5.74, 6) is -8.54. The number of carboxylic acid groups (broad SMARTS) is 3. The van der Waals surface area contributed by atoms with Crippen molar-refractivity contribution < 1.29 is 105 Å². The Morgan fingerprint density at radius 3 is 1.55 bits per heavy atom. The van der Waals surface area contributed by atoms with E-state index in [1.807, 2.05) is 60.7 Å². The second-order valence-electron chi connectivity index (χ2n) is 19.2. The van der Waals surface area contributed by atoms with Gasteiger partial charge in [-0.25, -0.2) is 31.7 Å². The number of halogens is 5. The van der Waals surface area contributed by atoms with E-state index < -0.39 is 96.4 Å². The van der Waals surface area contributed by atoms with Crippen LogP contribution < -0.4 is 29.7 Å². The van der Waals surface area contributed by atoms with E-state index in [1.54, 1.807) is 0 Å². The first-order valence-electron chi connectivity index (χ1n) is 27.5. The second-order valence-corrected chi connectivity index (χ2v) is 19.2. The van der Waals surface area contributed by atoms with Crippen molar-refractivity contribution in [2.24, 2.45) is 0 Å². The maximum Gasteiger partial charge on any atom is 0.338 e. The first-order chi connectivity index (χ1) is 45.2. The molecule has 95 heavy (non-hydrogen) atoms. The number of amides is 2. The second kappa shape index (κ2) is 36.0. The van der Waals surface area contributed by atoms with Gasteiger partial charge in [-0.2, -0.15) is 0 Å². The van der Waals surface area contributed by atoms with Crippen LogP contribution in [0.4, 0.5) is 61.9 Å². The van der Waals surface area contributed by atoms with E-state index in [2.05, 4.69) is 4.98 Å². The number of nitrogens with zero attached hydrogens (tertiary/aromatic N) is 6. The molecule has 7 N–H and O–H groups in total. The average Bonchev–Trinajstić information content (AvgIpc) is 1.72. The van der Waals surface area contributed by atoms with Gasteiger partial charge >= 0.3 is 35.0 Å². The van der Waals surface area contributed by atoms with E-state index in [0.29, 0.717) is 23.8 Å². The molecule has 32 heteroatoms. The summed E-state index contributed by atoms with van der Waals surface area (Å²) >= 11 is 0. The molecule has 0 aliphatic carbocycles. The number of aliphatic carboxylic acids is 2. The van der Waals surface area contributed by atoms with Gasteiger partial charge in [-0.05, 0) is 77.9 Å². The maximum absolute atomic E-state index is 14.1. The monoisotopic (exact) mass is 1330 g/mol. The number of phenols is 1. The quantitative estimate of drug-likeness (QED) is 0.0128. The van der Waals surface area contributed by atoms with Gasteiger partial charge < -0.3 is 55.1 Å². The molecule has 1 aromatic heterocycles. The maximum atomic E-state index is 14.1. The molecule has 0 saturated carbocycles. The van der Waals surface area contributed by atoms with Crippen molar-refractivity contribution in [3.8, 4) is 23.0 Å². The van der Waals surface area contributed by atoms with Crippen LogP contribution in [0.25, 0.3) is 0 Å². The molecule has 8 aromatic rings. The van der Waals surface area contributed by atoms with Gasteiger partial charge in [-0.15, -0.1) is 0 Å². The Morgan fingerprint density at radius 2 is 1.07 bits per heavy atom. The molecule has 9 rings (SSSR count). The van der Waals surface area contributed by atoms with Gasteiger partial charge in [0.15, 0.2) is 17.2 Å². The number of benzene rings is 7. The number of nitro groups is 3. The first kappa shape index (κ1) is 73.5. The number of aromatic hydroxyl groups is 1. The van der Waals surface area contributed by atoms with Gasteiger partial charge in [-0.3, -0.25) is 54.4 Å². The predicted octanol–water partition coefficient (Wildman–Crippen LogP) is 10.7. The third kappa shape index (κ3) is 22.3. The number of likely N-dealkylation sites (N-methyl/N-ethyl adjacent to an activating group) is 1. The number of anilines is 4. The number of fused-ring (bicyclic) bond motifs is 1. The van der Waals surface area contributed by atoms with Crippen LogP contribution >= 0.6 is 0 Å². The Kier molecular flexibility index (Phi) is 27.9. The molecule has 1 aliphatic heterocycles. The molecule has 1 aliphatic rings. The Bertz CT molecular complexity index is 3990. The number of carbonyl (C=O) groups is 5. The van der Waals surface area contributed by atoms with Crippen LogP contribution in [0.1, 0.15) is 52.2 Å². The van der Waals surface area contributed by atoms with Crippen LogP contribution in [0, 0.1) is 59.4 Å². The van der Waals surface area contributed by atoms with E-state index in [9.17, 15) is 81.4 Å². The number of carbonyl (C=O) groups excluding carboxylic acids is 2. The lowest BCUT2D eigenvalue weighted by atomic mass is 9.90. The molecule has 7 aromatic carbocycles. The van der Waals surface area contributed by atoms with E-state index in [4.69, 9.17) is 45.1 Å². The van der Waals surface area contributed by atoms with Gasteiger partial charge in [0.2, 0.25) is 5.91 Å². The summed E-state index contributed by atoms with van der Waals surface area (Å²) in [5.41, 5.74) is 6.09. The molecule has 0 saturated heterocycles. The van der Waals surface area contributed by atoms with E-state index in [0.717, 1.165) is 64.6 Å². The van der Waals surface area contributed by atoms with Crippen molar-refractivity contribution in [1.29, 1.82) is 0 Å². The lowest BCUT2D eigenvalue weighted by molar-refractivity contribution is -0.386. The van der Waals surface area contributed by atoms with Gasteiger partial charge in [0.05, 0.1) is 107 Å². The molecular weight excluding hydrogens is 1270 g/mol. The Balaban J connectivity index is 0.000000241. The van der Waals surface area contributed by atoms with Crippen LogP contribution in [0.3, 0.4) is 0 Å². The minimum Gasteiger partial charge on any atom is -0.502 e. The molecule has 2 heterocycles. The fourth-order valence-corrected chi connectivity index (χ4v) is 8.19. The summed E-state index contributed by atoms with van der Waals surface area (Å²) in [6, 6.07) is 35.7. The highest BCUT2D eigenvalue weighted by molar-refractivity contribution is 6.07. The lowest BCUT2D eigenvalue weighted by Gasteiger charge is -2.27. The number of nitro benzene ring substituents is 3. The lowest BCUT2D eigenvalue weighted by Crippen LogP contribution is -2.34. The van der Waals surface area contributed by atoms with E-state index >= 15 is 0 Å². The zero-order valence-electron chi connectivity index (χ0n) is 49.5. The highest BCUT2D eigenvalue weighted by Crippen LogP contribution is 2.36. The number of rotatable bonds is 21. The summed E-state index contributed by atoms with van der Waals surface area (Å²) in [7, 11) is 1.49. The molecule has 2 amide bonds. The molecule has 0 unspecified atom stereocenters. The largest absolute Gasteiger partial charge is 0.502 e. The molecule has 0 radical (unpaired) electrons. The van der Waals surface area contributed by atoms with Crippen LogP contribution in [0.2, 0.25) is 0 Å². The minimum absolute atomic E-state index is 0.00912. The number of aromatic carboxylic acids is 1. The summed E-state index contributed by atoms with van der Waals surface area (Å²) in [6.07, 6.45) is 1.21. The molecule has 0 bridgehead atoms. The molecule has 0 spiro atoms. The molecule has 27 nitrogen and oxygen atoms in total. The van der Waals surface area contributed by atoms with E-state index in [1.165, 1.54) is 60.6 Å². The third-order valence-corrected chi connectivity index (χ3v) is 12.6. The average molecular weight is 1330 g/mol. The molecule has 0 atom stereocenters. The number of carboxylic acids is 3. The predicted molar refractivity (Wildman–Crippen MR) is 327 cm³/mol. The van der Waals surface area contributed by atoms with E-state index in [-0.39, 0.29) is 98.3 Å². The highest BCUT2D eigenvalue weighted by Gasteiger charge is 2.32. The number of ether oxygens (including phenoxy) is 4. The zero-order valence-corrected chi connectivity index (χ0v) is 49.5. The highest BCUT2D eigenvalue weighted by atomic mass is 19.1. The number of phenolic OH excluding ortho intramolecular Hbond substituents is 1. The smallest absolute Gasteiger partial charge is 0.338 e. The van der Waals surface area contributed by atoms with Gasteiger partial charge in [0, 0.05) is 31.7 Å². The topological polar surface area (TPSA) is 398 Å². The Labute approximate surface area is 534 Å². The molecule has 498 valence electrons. The Morgan fingerprint density at radius 1 is 0.621 bits per heavy atom. The van der Waals surface area contributed by atoms with Crippen LogP contribution in [-0.2, 0) is 30.5 Å². The third-order valence-electron chi connectivity index (χ3n) is 12.6. The van der Waals surface area contributed by atoms with Crippen molar-refractivity contribution in [1.82, 2.24) is 4.98 Å². The molecule has 0 fully saturated rings. The standard InChI is InChI=1S/C30H24FN3O5.C9H8FNO5.C9H10FNO4.C9H10FNO3.C6H4FNO3/c1-33(29(36)28(19-8-4-2-5-9-19)20-10-6-3-7-11-20)25-16-32-26(15-23(25)30(37)38)34-24-14-22(31)13-12-21(24)17-39-18-27(34)35;10-6-1-2-8(7(5-6)11(14)15)16-4-3-9(12)13;10-7-2-3-9(15-5-1-4-12)8(6-7)11(13)14;10-6-1-2-8(7(11)5-6)14-4-3-9(12)13;7-4-1-2-6(9)5(3-4)8(10)11/h2-16,28H,17-18H2,1H3,(H,37,38);1-2,5H,3-4H2,(H,12,13);2-3,6,12H,1,4-5H2;1-2,5H,3-4,11H2,(H,12,13);1-3,9H. The van der Waals surface area contributed by atoms with Gasteiger partial charge in [0.25, 0.3) is 5.91 Å². The Hall–Kier alpha value is -12.2. The van der Waals surface area contributed by atoms with Crippen LogP contribution in [0.5, 0.6) is 23.0 Å². The SMILES string of the molecule is CN(C(=O)C(c1ccccc1)c1ccccc1)c1cnc(N2C(=O)COCc3ccc(F)cc32)cc1C(=O)O.Nc1cc(F)ccc1OCCC(=O)O.O=C(O)CCOc1ccc(F)cc1[N+](=O)[O-].O=[N+]([O-])c1cc(F)ccc1O.O=[N+]([O-])c1cc(F)ccc1OCCCO. The van der Waals surface area contributed by atoms with Gasteiger partial charge in [-0.1, -0.05) is 66.7 Å². The fourth-order valence-electron chi connectivity index (χ4n) is 8.19. The van der Waals surface area contributed by atoms with Crippen LogP contribution in [-0.4, -0.2) is 115 Å². The number of hydrogen-bond donors (Lipinski definition) is 6. The summed E-state index contributed by atoms with van der Waals surface area (Å²) in [4.78, 5) is 95.0. The van der Waals surface area contributed by atoms with Gasteiger partial charge in [0.1, 0.15) is 47.3 Å². The number of aromatic nitrogens is 1. The summed E-state index contributed by atoms with van der Waals surface area (Å²) < 4.78 is 84.7. The number of hydrogen-bond acceptors (Lipinski definition) is 19. The number of nitrogen functional groups attached to an aromatic ring is 1. The number of nitrogens with two attached hydrogens (primary N) is 1. The van der Waals surface area contributed by atoms with Crippen molar-refractivity contribution >= 4 is 69.7 Å². The molecular formula is C63H56F5N7O20. The normalized spacial score (nSPS) is 11.2. The van der Waals surface area contributed by atoms with Crippen molar-refractivity contribution in [3.05, 3.63) is 246 Å². The van der Waals surface area contributed by atoms with Crippen molar-refractivity contribution in [2.75, 3.05) is 55.6 Å². The van der Waals surface area contributed by atoms with Crippen molar-refractivity contribution in [2.45, 2.75) is 31.8 Å². The van der Waals surface area contributed by atoms with Crippen molar-refractivity contribution in [3.63, 3.8) is 0 Å². The zero-order chi connectivity index (χ0) is 69.9. The first-order valence-corrected chi connectivity index (χ1v) is 27.5. The van der Waals surface area contributed by atoms with Crippen LogP contribution in [0.15, 0.2) is 164 Å².